The molecule has 3 nitrogen and oxygen atoms in total. The molecule has 1 heterocycles. The molecule has 0 aromatic heterocycles. The van der Waals surface area contributed by atoms with Crippen LogP contribution in [-0.2, 0) is 4.79 Å². The van der Waals surface area contributed by atoms with Crippen molar-refractivity contribution < 1.29 is 9.90 Å². The number of likely N-dealkylation sites (tertiary alicyclic amines) is 1. The molecule has 1 saturated heterocycles. The SMILES string of the molecule is CC(c1ccccc1)N1C[C@H](C(=O)O)[C@@H](c2ccc(Cl)c(Cl)c2)C1. The predicted octanol–water partition coefficient (Wildman–Crippen LogP) is 4.85. The fraction of sp³-hybridized carbons (Fsp3) is 0.316. The molecule has 1 N–H and O–H groups in total. The number of carboxylic acids is 1. The Morgan fingerprint density at radius 3 is 2.46 bits per heavy atom. The number of hydrogen-bond donors (Lipinski definition) is 1. The quantitative estimate of drug-likeness (QED) is 0.843. The highest BCUT2D eigenvalue weighted by Crippen LogP contribution is 2.38. The summed E-state index contributed by atoms with van der Waals surface area (Å²) in [5, 5.41) is 10.6. The summed E-state index contributed by atoms with van der Waals surface area (Å²) in [6.45, 7) is 3.33. The van der Waals surface area contributed by atoms with Crippen LogP contribution in [0.4, 0.5) is 0 Å². The second-order valence-corrected chi connectivity index (χ2v) is 7.08. The molecule has 24 heavy (non-hydrogen) atoms. The van der Waals surface area contributed by atoms with Gasteiger partial charge in [-0.25, -0.2) is 0 Å². The van der Waals surface area contributed by atoms with E-state index in [1.165, 1.54) is 5.56 Å². The van der Waals surface area contributed by atoms with Gasteiger partial charge in [0, 0.05) is 25.0 Å². The highest BCUT2D eigenvalue weighted by Gasteiger charge is 2.40. The zero-order chi connectivity index (χ0) is 17.3. The molecule has 0 bridgehead atoms. The van der Waals surface area contributed by atoms with E-state index in [-0.39, 0.29) is 12.0 Å². The van der Waals surface area contributed by atoms with Gasteiger partial charge in [-0.3, -0.25) is 9.69 Å². The molecule has 2 aromatic carbocycles. The standard InChI is InChI=1S/C19H19Cl2NO2/c1-12(13-5-3-2-4-6-13)22-10-15(16(11-22)19(23)24)14-7-8-17(20)18(21)9-14/h2-9,12,15-16H,10-11H2,1H3,(H,23,24)/t12?,15-,16+/m1/s1. The first kappa shape index (κ1) is 17.3. The Morgan fingerprint density at radius 1 is 1.12 bits per heavy atom. The van der Waals surface area contributed by atoms with Gasteiger partial charge in [0.1, 0.15) is 0 Å². The van der Waals surface area contributed by atoms with Gasteiger partial charge in [-0.1, -0.05) is 59.6 Å². The molecule has 0 saturated carbocycles. The molecule has 1 aliphatic heterocycles. The number of carboxylic acid groups (broad SMARTS) is 1. The average Bonchev–Trinajstić information content (AvgIpc) is 3.03. The Kier molecular flexibility index (Phi) is 5.14. The number of nitrogens with zero attached hydrogens (tertiary/aromatic N) is 1. The van der Waals surface area contributed by atoms with Gasteiger partial charge in [0.25, 0.3) is 0 Å². The lowest BCUT2D eigenvalue weighted by Gasteiger charge is -2.24. The third-order valence-corrected chi connectivity index (χ3v) is 5.61. The van der Waals surface area contributed by atoms with Crippen LogP contribution in [0.1, 0.15) is 30.0 Å². The Morgan fingerprint density at radius 2 is 1.83 bits per heavy atom. The molecule has 3 atom stereocenters. The molecule has 126 valence electrons. The molecular formula is C19H19Cl2NO2. The first-order valence-electron chi connectivity index (χ1n) is 7.94. The Bertz CT molecular complexity index is 735. The zero-order valence-corrected chi connectivity index (χ0v) is 14.8. The van der Waals surface area contributed by atoms with Crippen LogP contribution < -0.4 is 0 Å². The number of hydrogen-bond acceptors (Lipinski definition) is 2. The van der Waals surface area contributed by atoms with Crippen LogP contribution >= 0.6 is 23.2 Å². The summed E-state index contributed by atoms with van der Waals surface area (Å²) in [5.41, 5.74) is 2.12. The molecule has 1 fully saturated rings. The maximum atomic E-state index is 11.8. The van der Waals surface area contributed by atoms with Gasteiger partial charge in [0.15, 0.2) is 0 Å². The van der Waals surface area contributed by atoms with Gasteiger partial charge < -0.3 is 5.11 Å². The Labute approximate surface area is 151 Å². The maximum Gasteiger partial charge on any atom is 0.308 e. The second kappa shape index (κ2) is 7.14. The van der Waals surface area contributed by atoms with Gasteiger partial charge in [-0.05, 0) is 30.2 Å². The van der Waals surface area contributed by atoms with Crippen molar-refractivity contribution in [3.8, 4) is 0 Å². The van der Waals surface area contributed by atoms with E-state index < -0.39 is 11.9 Å². The van der Waals surface area contributed by atoms with E-state index >= 15 is 0 Å². The van der Waals surface area contributed by atoms with E-state index in [9.17, 15) is 9.90 Å². The van der Waals surface area contributed by atoms with Crippen LogP contribution in [0.2, 0.25) is 10.0 Å². The van der Waals surface area contributed by atoms with Crippen molar-refractivity contribution in [2.75, 3.05) is 13.1 Å². The Hall–Kier alpha value is -1.55. The van der Waals surface area contributed by atoms with Crippen LogP contribution in [-0.4, -0.2) is 29.1 Å². The lowest BCUT2D eigenvalue weighted by atomic mass is 9.89. The number of aliphatic carboxylic acids is 1. The monoisotopic (exact) mass is 363 g/mol. The molecule has 0 amide bonds. The summed E-state index contributed by atoms with van der Waals surface area (Å²) in [5.74, 6) is -1.31. The highest BCUT2D eigenvalue weighted by atomic mass is 35.5. The summed E-state index contributed by atoms with van der Waals surface area (Å²) < 4.78 is 0. The van der Waals surface area contributed by atoms with Crippen molar-refractivity contribution in [3.05, 3.63) is 69.7 Å². The van der Waals surface area contributed by atoms with Crippen molar-refractivity contribution in [1.82, 2.24) is 4.90 Å². The van der Waals surface area contributed by atoms with Gasteiger partial charge >= 0.3 is 5.97 Å². The summed E-state index contributed by atoms with van der Waals surface area (Å²) >= 11 is 12.1. The highest BCUT2D eigenvalue weighted by molar-refractivity contribution is 6.42. The van der Waals surface area contributed by atoms with Crippen molar-refractivity contribution in [3.63, 3.8) is 0 Å². The molecule has 5 heteroatoms. The third kappa shape index (κ3) is 3.44. The van der Waals surface area contributed by atoms with E-state index in [1.54, 1.807) is 12.1 Å². The topological polar surface area (TPSA) is 40.5 Å². The molecular weight excluding hydrogens is 345 g/mol. The molecule has 1 aliphatic rings. The van der Waals surface area contributed by atoms with Crippen molar-refractivity contribution in [2.45, 2.75) is 18.9 Å². The van der Waals surface area contributed by atoms with Gasteiger partial charge in [0.05, 0.1) is 16.0 Å². The van der Waals surface area contributed by atoms with Gasteiger partial charge in [0.2, 0.25) is 0 Å². The van der Waals surface area contributed by atoms with Crippen LogP contribution in [0.5, 0.6) is 0 Å². The Balaban J connectivity index is 1.86. The molecule has 0 spiro atoms. The minimum absolute atomic E-state index is 0.0940. The van der Waals surface area contributed by atoms with E-state index in [0.29, 0.717) is 23.1 Å². The van der Waals surface area contributed by atoms with Gasteiger partial charge in [-0.2, -0.15) is 0 Å². The summed E-state index contributed by atoms with van der Waals surface area (Å²) in [6, 6.07) is 15.7. The van der Waals surface area contributed by atoms with E-state index in [4.69, 9.17) is 23.2 Å². The number of halogens is 2. The normalized spacial score (nSPS) is 22.5. The second-order valence-electron chi connectivity index (χ2n) is 6.27. The molecule has 1 unspecified atom stereocenters. The predicted molar refractivity (Wildman–Crippen MR) is 96.8 cm³/mol. The molecule has 3 rings (SSSR count). The largest absolute Gasteiger partial charge is 0.481 e. The third-order valence-electron chi connectivity index (χ3n) is 4.87. The first-order chi connectivity index (χ1) is 11.5. The molecule has 2 aromatic rings. The number of carbonyl (C=O) groups is 1. The summed E-state index contributed by atoms with van der Waals surface area (Å²) in [6.07, 6.45) is 0. The molecule has 0 aliphatic carbocycles. The van der Waals surface area contributed by atoms with Crippen LogP contribution in [0.25, 0.3) is 0 Å². The zero-order valence-electron chi connectivity index (χ0n) is 13.3. The first-order valence-corrected chi connectivity index (χ1v) is 8.69. The van der Waals surface area contributed by atoms with Crippen LogP contribution in [0.3, 0.4) is 0 Å². The maximum absolute atomic E-state index is 11.8. The number of rotatable bonds is 4. The fourth-order valence-corrected chi connectivity index (χ4v) is 3.73. The average molecular weight is 364 g/mol. The summed E-state index contributed by atoms with van der Waals surface area (Å²) in [7, 11) is 0. The fourth-order valence-electron chi connectivity index (χ4n) is 3.42. The van der Waals surface area contributed by atoms with E-state index in [1.807, 2.05) is 24.3 Å². The van der Waals surface area contributed by atoms with Crippen LogP contribution in [0.15, 0.2) is 48.5 Å². The van der Waals surface area contributed by atoms with E-state index in [2.05, 4.69) is 24.0 Å². The van der Waals surface area contributed by atoms with E-state index in [0.717, 1.165) is 5.56 Å². The lowest BCUT2D eigenvalue weighted by molar-refractivity contribution is -0.141. The van der Waals surface area contributed by atoms with Crippen molar-refractivity contribution in [2.24, 2.45) is 5.92 Å². The van der Waals surface area contributed by atoms with Crippen LogP contribution in [0, 0.1) is 5.92 Å². The minimum Gasteiger partial charge on any atom is -0.481 e. The lowest BCUT2D eigenvalue weighted by Crippen LogP contribution is -2.26. The molecule has 0 radical (unpaired) electrons. The van der Waals surface area contributed by atoms with Gasteiger partial charge in [-0.15, -0.1) is 0 Å². The number of benzene rings is 2. The summed E-state index contributed by atoms with van der Waals surface area (Å²) in [4.78, 5) is 14.0. The minimum atomic E-state index is -0.770. The van der Waals surface area contributed by atoms with Crippen molar-refractivity contribution >= 4 is 29.2 Å². The van der Waals surface area contributed by atoms with Crippen molar-refractivity contribution in [1.29, 1.82) is 0 Å². The smallest absolute Gasteiger partial charge is 0.308 e.